The molecule has 1 aromatic heterocycles. The van der Waals surface area contributed by atoms with E-state index in [-0.39, 0.29) is 5.91 Å². The molecule has 5 nitrogen and oxygen atoms in total. The van der Waals surface area contributed by atoms with Crippen LogP contribution in [0.2, 0.25) is 0 Å². The van der Waals surface area contributed by atoms with Crippen molar-refractivity contribution >= 4 is 11.7 Å². The van der Waals surface area contributed by atoms with E-state index in [0.717, 1.165) is 6.42 Å². The van der Waals surface area contributed by atoms with Gasteiger partial charge in [0, 0.05) is 18.4 Å². The molecule has 5 heteroatoms. The Balaban J connectivity index is 2.31. The fourth-order valence-corrected chi connectivity index (χ4v) is 0.962. The summed E-state index contributed by atoms with van der Waals surface area (Å²) in [5.74, 6) is 0.379. The topological polar surface area (TPSA) is 66.9 Å². The molecule has 0 aliphatic carbocycles. The SMILES string of the molecule is CCC(C)NCC(=O)Nc1cnccn1. The maximum absolute atomic E-state index is 11.4. The number of anilines is 1. The molecule has 0 aliphatic heterocycles. The van der Waals surface area contributed by atoms with E-state index in [9.17, 15) is 4.79 Å². The highest BCUT2D eigenvalue weighted by atomic mass is 16.1. The molecule has 1 rings (SSSR count). The predicted molar refractivity (Wildman–Crippen MR) is 58.4 cm³/mol. The van der Waals surface area contributed by atoms with Gasteiger partial charge in [-0.15, -0.1) is 0 Å². The molecule has 0 aliphatic rings. The van der Waals surface area contributed by atoms with Crippen LogP contribution in [0.1, 0.15) is 20.3 Å². The second-order valence-corrected chi connectivity index (χ2v) is 3.33. The van der Waals surface area contributed by atoms with Gasteiger partial charge in [0.1, 0.15) is 0 Å². The Morgan fingerprint density at radius 2 is 2.33 bits per heavy atom. The van der Waals surface area contributed by atoms with Crippen molar-refractivity contribution in [1.82, 2.24) is 15.3 Å². The number of carbonyl (C=O) groups excluding carboxylic acids is 1. The van der Waals surface area contributed by atoms with Gasteiger partial charge in [0.05, 0.1) is 12.7 Å². The van der Waals surface area contributed by atoms with E-state index in [0.29, 0.717) is 18.4 Å². The summed E-state index contributed by atoms with van der Waals surface area (Å²) in [6.45, 7) is 4.40. The molecule has 0 saturated heterocycles. The number of hydrogen-bond acceptors (Lipinski definition) is 4. The molecule has 0 fully saturated rings. The normalized spacial score (nSPS) is 12.1. The Morgan fingerprint density at radius 3 is 2.93 bits per heavy atom. The molecule has 82 valence electrons. The summed E-state index contributed by atoms with van der Waals surface area (Å²) < 4.78 is 0. The Hall–Kier alpha value is -1.49. The van der Waals surface area contributed by atoms with Crippen LogP contribution in [-0.2, 0) is 4.79 Å². The van der Waals surface area contributed by atoms with Crippen LogP contribution in [0.5, 0.6) is 0 Å². The van der Waals surface area contributed by atoms with Gasteiger partial charge in [0.25, 0.3) is 0 Å². The molecule has 15 heavy (non-hydrogen) atoms. The van der Waals surface area contributed by atoms with Crippen LogP contribution in [0.25, 0.3) is 0 Å². The minimum absolute atomic E-state index is 0.101. The van der Waals surface area contributed by atoms with Crippen molar-refractivity contribution < 1.29 is 4.79 Å². The predicted octanol–water partition coefficient (Wildman–Crippen LogP) is 0.803. The third-order valence-electron chi connectivity index (χ3n) is 2.05. The van der Waals surface area contributed by atoms with E-state index in [1.165, 1.54) is 12.4 Å². The fraction of sp³-hybridized carbons (Fsp3) is 0.500. The van der Waals surface area contributed by atoms with Crippen molar-refractivity contribution in [2.75, 3.05) is 11.9 Å². The summed E-state index contributed by atoms with van der Waals surface area (Å²) >= 11 is 0. The van der Waals surface area contributed by atoms with Crippen molar-refractivity contribution in [3.63, 3.8) is 0 Å². The molecule has 0 bridgehead atoms. The molecular formula is C10H16N4O. The van der Waals surface area contributed by atoms with Gasteiger partial charge >= 0.3 is 0 Å². The van der Waals surface area contributed by atoms with Crippen LogP contribution in [0.4, 0.5) is 5.82 Å². The van der Waals surface area contributed by atoms with Crippen LogP contribution >= 0.6 is 0 Å². The lowest BCUT2D eigenvalue weighted by molar-refractivity contribution is -0.115. The monoisotopic (exact) mass is 208 g/mol. The molecule has 0 aromatic carbocycles. The lowest BCUT2D eigenvalue weighted by Gasteiger charge is -2.10. The number of hydrogen-bond donors (Lipinski definition) is 2. The average Bonchev–Trinajstić information content (AvgIpc) is 2.27. The van der Waals surface area contributed by atoms with E-state index in [4.69, 9.17) is 0 Å². The first-order chi connectivity index (χ1) is 7.22. The highest BCUT2D eigenvalue weighted by molar-refractivity contribution is 5.91. The van der Waals surface area contributed by atoms with E-state index < -0.39 is 0 Å². The summed E-state index contributed by atoms with van der Waals surface area (Å²) in [7, 11) is 0. The number of nitrogens with zero attached hydrogens (tertiary/aromatic N) is 2. The third-order valence-corrected chi connectivity index (χ3v) is 2.05. The van der Waals surface area contributed by atoms with Gasteiger partial charge < -0.3 is 10.6 Å². The molecule has 1 amide bonds. The van der Waals surface area contributed by atoms with Gasteiger partial charge in [-0.05, 0) is 13.3 Å². The van der Waals surface area contributed by atoms with Gasteiger partial charge in [0.2, 0.25) is 5.91 Å². The molecule has 1 unspecified atom stereocenters. The van der Waals surface area contributed by atoms with Gasteiger partial charge in [-0.2, -0.15) is 0 Å². The minimum Gasteiger partial charge on any atom is -0.308 e. The summed E-state index contributed by atoms with van der Waals surface area (Å²) in [6, 6.07) is 0.345. The van der Waals surface area contributed by atoms with Gasteiger partial charge in [-0.1, -0.05) is 6.92 Å². The molecule has 2 N–H and O–H groups in total. The second-order valence-electron chi connectivity index (χ2n) is 3.33. The first-order valence-electron chi connectivity index (χ1n) is 5.01. The molecule has 1 atom stereocenters. The molecule has 0 radical (unpaired) electrons. The van der Waals surface area contributed by atoms with Crippen molar-refractivity contribution in [2.24, 2.45) is 0 Å². The Bertz CT molecular complexity index is 302. The van der Waals surface area contributed by atoms with Crippen molar-refractivity contribution in [2.45, 2.75) is 26.3 Å². The van der Waals surface area contributed by atoms with Gasteiger partial charge in [0.15, 0.2) is 5.82 Å². The fourth-order valence-electron chi connectivity index (χ4n) is 0.962. The third kappa shape index (κ3) is 4.51. The molecular weight excluding hydrogens is 192 g/mol. The number of amides is 1. The lowest BCUT2D eigenvalue weighted by Crippen LogP contribution is -2.34. The van der Waals surface area contributed by atoms with Crippen molar-refractivity contribution in [3.8, 4) is 0 Å². The zero-order valence-electron chi connectivity index (χ0n) is 9.03. The van der Waals surface area contributed by atoms with E-state index in [1.54, 1.807) is 6.20 Å². The van der Waals surface area contributed by atoms with Gasteiger partial charge in [-0.25, -0.2) is 4.98 Å². The van der Waals surface area contributed by atoms with Crippen LogP contribution in [0.3, 0.4) is 0 Å². The Labute approximate surface area is 89.3 Å². The quantitative estimate of drug-likeness (QED) is 0.751. The zero-order valence-corrected chi connectivity index (χ0v) is 9.03. The van der Waals surface area contributed by atoms with Crippen molar-refractivity contribution in [1.29, 1.82) is 0 Å². The zero-order chi connectivity index (χ0) is 11.1. The highest BCUT2D eigenvalue weighted by Crippen LogP contribution is 1.96. The maximum atomic E-state index is 11.4. The smallest absolute Gasteiger partial charge is 0.239 e. The minimum atomic E-state index is -0.101. The highest BCUT2D eigenvalue weighted by Gasteiger charge is 2.04. The largest absolute Gasteiger partial charge is 0.308 e. The van der Waals surface area contributed by atoms with E-state index >= 15 is 0 Å². The van der Waals surface area contributed by atoms with Crippen LogP contribution in [0, 0.1) is 0 Å². The lowest BCUT2D eigenvalue weighted by atomic mass is 10.2. The summed E-state index contributed by atoms with van der Waals surface area (Å²) in [5.41, 5.74) is 0. The summed E-state index contributed by atoms with van der Waals surface area (Å²) in [5, 5.41) is 5.74. The van der Waals surface area contributed by atoms with Crippen LogP contribution in [-0.4, -0.2) is 28.5 Å². The molecule has 1 aromatic rings. The number of rotatable bonds is 5. The van der Waals surface area contributed by atoms with E-state index in [2.05, 4.69) is 27.5 Å². The van der Waals surface area contributed by atoms with Crippen LogP contribution < -0.4 is 10.6 Å². The Kier molecular flexibility index (Phi) is 4.70. The number of carbonyl (C=O) groups is 1. The first kappa shape index (κ1) is 11.6. The summed E-state index contributed by atoms with van der Waals surface area (Å²) in [4.78, 5) is 19.2. The van der Waals surface area contributed by atoms with Crippen LogP contribution in [0.15, 0.2) is 18.6 Å². The first-order valence-corrected chi connectivity index (χ1v) is 5.01. The standard InChI is InChI=1S/C10H16N4O/c1-3-8(2)13-7-10(15)14-9-6-11-4-5-12-9/h4-6,8,13H,3,7H2,1-2H3,(H,12,14,15). The summed E-state index contributed by atoms with van der Waals surface area (Å²) in [6.07, 6.45) is 5.62. The maximum Gasteiger partial charge on any atom is 0.239 e. The van der Waals surface area contributed by atoms with E-state index in [1.807, 2.05) is 6.92 Å². The van der Waals surface area contributed by atoms with Gasteiger partial charge in [-0.3, -0.25) is 9.78 Å². The molecule has 0 saturated carbocycles. The second kappa shape index (κ2) is 6.08. The Morgan fingerprint density at radius 1 is 1.53 bits per heavy atom. The number of aromatic nitrogens is 2. The molecule has 1 heterocycles. The van der Waals surface area contributed by atoms with Crippen molar-refractivity contribution in [3.05, 3.63) is 18.6 Å². The molecule has 0 spiro atoms. The average molecular weight is 208 g/mol. The number of nitrogens with one attached hydrogen (secondary N) is 2.